The lowest BCUT2D eigenvalue weighted by molar-refractivity contribution is 0.102. The van der Waals surface area contributed by atoms with Crippen molar-refractivity contribution in [2.45, 2.75) is 0 Å². The molecule has 3 aromatic rings. The van der Waals surface area contributed by atoms with Crippen molar-refractivity contribution < 1.29 is 4.79 Å². The van der Waals surface area contributed by atoms with E-state index in [0.717, 1.165) is 5.69 Å². The van der Waals surface area contributed by atoms with E-state index in [-0.39, 0.29) is 5.91 Å². The Morgan fingerprint density at radius 3 is 2.65 bits per heavy atom. The topological polar surface area (TPSA) is 72.7 Å². The Hall–Kier alpha value is -3.02. The van der Waals surface area contributed by atoms with E-state index in [1.807, 2.05) is 12.1 Å². The van der Waals surface area contributed by atoms with Crippen LogP contribution < -0.4 is 5.32 Å². The van der Waals surface area contributed by atoms with Crippen LogP contribution in [0.4, 0.5) is 5.69 Å². The summed E-state index contributed by atoms with van der Waals surface area (Å²) in [6, 6.07) is 7.09. The molecular weight excluding hydrogens is 254 g/mol. The van der Waals surface area contributed by atoms with Crippen molar-refractivity contribution in [1.82, 2.24) is 19.7 Å². The van der Waals surface area contributed by atoms with Crippen LogP contribution in [0.1, 0.15) is 10.4 Å². The molecule has 98 valence electrons. The first-order valence-corrected chi connectivity index (χ1v) is 5.99. The fraction of sp³-hybridized carbons (Fsp3) is 0. The molecule has 6 nitrogen and oxygen atoms in total. The third-order valence-corrected chi connectivity index (χ3v) is 2.69. The fourth-order valence-corrected chi connectivity index (χ4v) is 1.73. The van der Waals surface area contributed by atoms with Gasteiger partial charge in [0.05, 0.1) is 29.3 Å². The number of carbonyl (C=O) groups excluding carboxylic acids is 1. The van der Waals surface area contributed by atoms with Gasteiger partial charge in [-0.2, -0.15) is 5.10 Å². The van der Waals surface area contributed by atoms with E-state index in [0.29, 0.717) is 11.3 Å². The van der Waals surface area contributed by atoms with Crippen LogP contribution >= 0.6 is 0 Å². The minimum atomic E-state index is -0.215. The maximum atomic E-state index is 12.0. The van der Waals surface area contributed by atoms with Crippen molar-refractivity contribution in [3.63, 3.8) is 0 Å². The minimum absolute atomic E-state index is 0.215. The molecular formula is C14H11N5O. The molecule has 0 aromatic carbocycles. The molecule has 0 saturated heterocycles. The molecule has 0 aliphatic heterocycles. The third-order valence-electron chi connectivity index (χ3n) is 2.69. The molecule has 0 unspecified atom stereocenters. The molecule has 0 fully saturated rings. The highest BCUT2D eigenvalue weighted by Crippen LogP contribution is 2.11. The highest BCUT2D eigenvalue weighted by molar-refractivity contribution is 6.03. The second-order valence-corrected chi connectivity index (χ2v) is 4.07. The first-order chi connectivity index (χ1) is 9.83. The number of pyridine rings is 2. The fourth-order valence-electron chi connectivity index (χ4n) is 1.73. The molecule has 0 radical (unpaired) electrons. The first kappa shape index (κ1) is 12.0. The van der Waals surface area contributed by atoms with Crippen molar-refractivity contribution in [2.75, 3.05) is 5.32 Å². The Morgan fingerprint density at radius 2 is 1.90 bits per heavy atom. The Balaban J connectivity index is 1.77. The summed E-state index contributed by atoms with van der Waals surface area (Å²) in [7, 11) is 0. The van der Waals surface area contributed by atoms with Gasteiger partial charge in [-0.15, -0.1) is 0 Å². The summed E-state index contributed by atoms with van der Waals surface area (Å²) in [5.41, 5.74) is 2.00. The second kappa shape index (κ2) is 5.31. The van der Waals surface area contributed by atoms with E-state index >= 15 is 0 Å². The SMILES string of the molecule is O=C(Nc1cnn(-c2ccncc2)c1)c1cccnc1. The molecule has 6 heteroatoms. The van der Waals surface area contributed by atoms with Crippen LogP contribution in [0.15, 0.2) is 61.4 Å². The number of nitrogens with zero attached hydrogens (tertiary/aromatic N) is 4. The average Bonchev–Trinajstić information content (AvgIpc) is 2.97. The summed E-state index contributed by atoms with van der Waals surface area (Å²) in [4.78, 5) is 19.8. The van der Waals surface area contributed by atoms with Crippen molar-refractivity contribution in [3.05, 3.63) is 67.0 Å². The molecule has 3 aromatic heterocycles. The predicted molar refractivity (Wildman–Crippen MR) is 73.5 cm³/mol. The Labute approximate surface area is 115 Å². The predicted octanol–water partition coefficient (Wildman–Crippen LogP) is 1.91. The molecule has 1 N–H and O–H groups in total. The Bertz CT molecular complexity index is 709. The van der Waals surface area contributed by atoms with Gasteiger partial charge in [0.2, 0.25) is 0 Å². The summed E-state index contributed by atoms with van der Waals surface area (Å²) < 4.78 is 1.67. The number of hydrogen-bond acceptors (Lipinski definition) is 4. The molecule has 1 amide bonds. The van der Waals surface area contributed by atoms with Crippen LogP contribution in [0.5, 0.6) is 0 Å². The van der Waals surface area contributed by atoms with Gasteiger partial charge in [-0.3, -0.25) is 14.8 Å². The number of rotatable bonds is 3. The second-order valence-electron chi connectivity index (χ2n) is 4.07. The third kappa shape index (κ3) is 2.54. The first-order valence-electron chi connectivity index (χ1n) is 5.99. The van der Waals surface area contributed by atoms with Crippen LogP contribution in [0, 0.1) is 0 Å². The normalized spacial score (nSPS) is 10.2. The van der Waals surface area contributed by atoms with Gasteiger partial charge in [0.1, 0.15) is 0 Å². The molecule has 3 rings (SSSR count). The molecule has 0 saturated carbocycles. The molecule has 0 aliphatic carbocycles. The van der Waals surface area contributed by atoms with Crippen molar-refractivity contribution in [1.29, 1.82) is 0 Å². The van der Waals surface area contributed by atoms with E-state index in [2.05, 4.69) is 20.4 Å². The molecule has 0 spiro atoms. The monoisotopic (exact) mass is 265 g/mol. The number of aromatic nitrogens is 4. The summed E-state index contributed by atoms with van der Waals surface area (Å²) in [6.45, 7) is 0. The number of carbonyl (C=O) groups is 1. The molecule has 3 heterocycles. The lowest BCUT2D eigenvalue weighted by Crippen LogP contribution is -2.11. The zero-order chi connectivity index (χ0) is 13.8. The van der Waals surface area contributed by atoms with Crippen molar-refractivity contribution in [3.8, 4) is 5.69 Å². The van der Waals surface area contributed by atoms with Gasteiger partial charge < -0.3 is 5.32 Å². The molecule has 20 heavy (non-hydrogen) atoms. The highest BCUT2D eigenvalue weighted by Gasteiger charge is 2.07. The van der Waals surface area contributed by atoms with Gasteiger partial charge >= 0.3 is 0 Å². The van der Waals surface area contributed by atoms with Gasteiger partial charge in [0.25, 0.3) is 5.91 Å². The number of nitrogens with one attached hydrogen (secondary N) is 1. The lowest BCUT2D eigenvalue weighted by atomic mass is 10.2. The van der Waals surface area contributed by atoms with E-state index in [9.17, 15) is 4.79 Å². The summed E-state index contributed by atoms with van der Waals surface area (Å²) >= 11 is 0. The summed E-state index contributed by atoms with van der Waals surface area (Å²) in [5.74, 6) is -0.215. The zero-order valence-corrected chi connectivity index (χ0v) is 10.5. The van der Waals surface area contributed by atoms with E-state index in [4.69, 9.17) is 0 Å². The van der Waals surface area contributed by atoms with Crippen molar-refractivity contribution in [2.24, 2.45) is 0 Å². The molecule has 0 atom stereocenters. The van der Waals surface area contributed by atoms with Crippen LogP contribution in [-0.4, -0.2) is 25.7 Å². The molecule has 0 bridgehead atoms. The van der Waals surface area contributed by atoms with E-state index in [1.165, 1.54) is 6.20 Å². The average molecular weight is 265 g/mol. The van der Waals surface area contributed by atoms with E-state index in [1.54, 1.807) is 47.8 Å². The Kier molecular flexibility index (Phi) is 3.20. The zero-order valence-electron chi connectivity index (χ0n) is 10.5. The van der Waals surface area contributed by atoms with Gasteiger partial charge in [-0.25, -0.2) is 4.68 Å². The summed E-state index contributed by atoms with van der Waals surface area (Å²) in [5, 5.41) is 6.96. The maximum absolute atomic E-state index is 12.0. The lowest BCUT2D eigenvalue weighted by Gasteiger charge is -2.01. The van der Waals surface area contributed by atoms with Crippen LogP contribution in [-0.2, 0) is 0 Å². The smallest absolute Gasteiger partial charge is 0.257 e. The standard InChI is InChI=1S/C14H11N5O/c20-14(11-2-1-5-16-8-11)18-12-9-17-19(10-12)13-3-6-15-7-4-13/h1-10H,(H,18,20). The maximum Gasteiger partial charge on any atom is 0.257 e. The minimum Gasteiger partial charge on any atom is -0.319 e. The highest BCUT2D eigenvalue weighted by atomic mass is 16.1. The van der Waals surface area contributed by atoms with E-state index < -0.39 is 0 Å². The van der Waals surface area contributed by atoms with Gasteiger partial charge in [0.15, 0.2) is 0 Å². The van der Waals surface area contributed by atoms with Gasteiger partial charge in [0, 0.05) is 24.8 Å². The van der Waals surface area contributed by atoms with Gasteiger partial charge in [-0.05, 0) is 24.3 Å². The Morgan fingerprint density at radius 1 is 1.05 bits per heavy atom. The number of hydrogen-bond donors (Lipinski definition) is 1. The van der Waals surface area contributed by atoms with Crippen molar-refractivity contribution >= 4 is 11.6 Å². The quantitative estimate of drug-likeness (QED) is 0.785. The largest absolute Gasteiger partial charge is 0.319 e. The van der Waals surface area contributed by atoms with Crippen LogP contribution in [0.2, 0.25) is 0 Å². The number of amides is 1. The molecule has 0 aliphatic rings. The summed E-state index contributed by atoms with van der Waals surface area (Å²) in [6.07, 6.45) is 9.84. The number of anilines is 1. The van der Waals surface area contributed by atoms with Crippen LogP contribution in [0.25, 0.3) is 5.69 Å². The van der Waals surface area contributed by atoms with Crippen LogP contribution in [0.3, 0.4) is 0 Å². The van der Waals surface area contributed by atoms with Gasteiger partial charge in [-0.1, -0.05) is 0 Å².